The summed E-state index contributed by atoms with van der Waals surface area (Å²) in [5.41, 5.74) is 0. The molecule has 1 saturated carbocycles. The number of halogens is 1. The Balaban J connectivity index is 2.03. The van der Waals surface area contributed by atoms with Crippen molar-refractivity contribution in [1.82, 2.24) is 4.72 Å². The summed E-state index contributed by atoms with van der Waals surface area (Å²) in [6, 6.07) is 0. The van der Waals surface area contributed by atoms with Crippen LogP contribution < -0.4 is 4.72 Å². The SMILES string of the molecule is O=S(=O)(Cl)NCCOC1CCCCC1. The minimum atomic E-state index is -3.58. The lowest BCUT2D eigenvalue weighted by Gasteiger charge is -2.21. The largest absolute Gasteiger partial charge is 0.377 e. The molecule has 0 atom stereocenters. The monoisotopic (exact) mass is 241 g/mol. The van der Waals surface area contributed by atoms with Crippen LogP contribution in [0.15, 0.2) is 0 Å². The predicted octanol–water partition coefficient (Wildman–Crippen LogP) is 1.41. The van der Waals surface area contributed by atoms with Crippen molar-refractivity contribution in [3.63, 3.8) is 0 Å². The molecule has 84 valence electrons. The standard InChI is InChI=1S/C8H16ClNO3S/c9-14(11,12)10-6-7-13-8-4-2-1-3-5-8/h8,10H,1-7H2. The number of rotatable bonds is 5. The zero-order valence-electron chi connectivity index (χ0n) is 8.04. The Morgan fingerprint density at radius 2 is 1.93 bits per heavy atom. The maximum absolute atomic E-state index is 10.5. The lowest BCUT2D eigenvalue weighted by Crippen LogP contribution is -2.26. The van der Waals surface area contributed by atoms with E-state index in [9.17, 15) is 8.42 Å². The van der Waals surface area contributed by atoms with Gasteiger partial charge in [-0.25, -0.2) is 0 Å². The molecule has 0 aromatic heterocycles. The number of hydrogen-bond acceptors (Lipinski definition) is 3. The van der Waals surface area contributed by atoms with Crippen LogP contribution in [0.1, 0.15) is 32.1 Å². The van der Waals surface area contributed by atoms with E-state index in [1.807, 2.05) is 0 Å². The van der Waals surface area contributed by atoms with Crippen LogP contribution >= 0.6 is 10.7 Å². The molecule has 0 amide bonds. The number of nitrogens with one attached hydrogen (secondary N) is 1. The van der Waals surface area contributed by atoms with Gasteiger partial charge in [0.15, 0.2) is 0 Å². The fourth-order valence-electron chi connectivity index (χ4n) is 1.62. The van der Waals surface area contributed by atoms with Crippen LogP contribution in [0.3, 0.4) is 0 Å². The molecule has 1 aliphatic rings. The van der Waals surface area contributed by atoms with Crippen molar-refractivity contribution in [2.75, 3.05) is 13.2 Å². The van der Waals surface area contributed by atoms with Gasteiger partial charge in [-0.2, -0.15) is 13.1 Å². The van der Waals surface area contributed by atoms with Crippen molar-refractivity contribution in [3.8, 4) is 0 Å². The summed E-state index contributed by atoms with van der Waals surface area (Å²) in [5.74, 6) is 0. The molecule has 0 aliphatic heterocycles. The van der Waals surface area contributed by atoms with Gasteiger partial charge in [-0.1, -0.05) is 19.3 Å². The summed E-state index contributed by atoms with van der Waals surface area (Å²) in [6.45, 7) is 0.652. The molecular formula is C8H16ClNO3S. The zero-order valence-corrected chi connectivity index (χ0v) is 9.61. The molecule has 6 heteroatoms. The maximum atomic E-state index is 10.5. The van der Waals surface area contributed by atoms with E-state index in [0.717, 1.165) is 12.8 Å². The Labute approximate surface area is 89.5 Å². The van der Waals surface area contributed by atoms with Gasteiger partial charge in [0.25, 0.3) is 9.24 Å². The summed E-state index contributed by atoms with van der Waals surface area (Å²) in [6.07, 6.45) is 6.20. The molecule has 0 heterocycles. The van der Waals surface area contributed by atoms with Crippen molar-refractivity contribution in [1.29, 1.82) is 0 Å². The van der Waals surface area contributed by atoms with Crippen molar-refractivity contribution in [2.24, 2.45) is 0 Å². The Bertz CT molecular complexity index is 249. The summed E-state index contributed by atoms with van der Waals surface area (Å²) >= 11 is 0. The molecular weight excluding hydrogens is 226 g/mol. The van der Waals surface area contributed by atoms with E-state index in [2.05, 4.69) is 4.72 Å². The Morgan fingerprint density at radius 3 is 2.50 bits per heavy atom. The molecule has 0 aromatic rings. The third-order valence-electron chi connectivity index (χ3n) is 2.28. The van der Waals surface area contributed by atoms with Gasteiger partial charge in [-0.05, 0) is 12.8 Å². The van der Waals surface area contributed by atoms with E-state index in [4.69, 9.17) is 15.4 Å². The second-order valence-corrected chi connectivity index (χ2v) is 5.85. The van der Waals surface area contributed by atoms with Crippen LogP contribution in [0.5, 0.6) is 0 Å². The first-order valence-corrected chi connectivity index (χ1v) is 7.20. The average molecular weight is 242 g/mol. The van der Waals surface area contributed by atoms with Gasteiger partial charge in [-0.3, -0.25) is 0 Å². The van der Waals surface area contributed by atoms with Crippen LogP contribution in [-0.2, 0) is 14.0 Å². The lowest BCUT2D eigenvalue weighted by molar-refractivity contribution is 0.0321. The fraction of sp³-hybridized carbons (Fsp3) is 1.00. The van der Waals surface area contributed by atoms with E-state index in [1.54, 1.807) is 0 Å². The molecule has 4 nitrogen and oxygen atoms in total. The van der Waals surface area contributed by atoms with E-state index in [1.165, 1.54) is 19.3 Å². The van der Waals surface area contributed by atoms with Gasteiger partial charge >= 0.3 is 0 Å². The third kappa shape index (κ3) is 5.80. The van der Waals surface area contributed by atoms with Crippen LogP contribution in [-0.4, -0.2) is 27.7 Å². The minimum Gasteiger partial charge on any atom is -0.377 e. The first-order valence-electron chi connectivity index (χ1n) is 4.89. The molecule has 0 spiro atoms. The topological polar surface area (TPSA) is 55.4 Å². The van der Waals surface area contributed by atoms with Gasteiger partial charge in [0.1, 0.15) is 0 Å². The molecule has 0 radical (unpaired) electrons. The first-order chi connectivity index (χ1) is 6.58. The smallest absolute Gasteiger partial charge is 0.297 e. The Morgan fingerprint density at radius 1 is 1.29 bits per heavy atom. The van der Waals surface area contributed by atoms with Gasteiger partial charge in [0.05, 0.1) is 12.7 Å². The minimum absolute atomic E-state index is 0.252. The van der Waals surface area contributed by atoms with Crippen LogP contribution in [0.2, 0.25) is 0 Å². The summed E-state index contributed by atoms with van der Waals surface area (Å²) in [5, 5.41) is 0. The van der Waals surface area contributed by atoms with Crippen molar-refractivity contribution in [3.05, 3.63) is 0 Å². The molecule has 0 saturated heterocycles. The normalized spacial score (nSPS) is 19.8. The quantitative estimate of drug-likeness (QED) is 0.585. The van der Waals surface area contributed by atoms with Gasteiger partial charge < -0.3 is 4.74 Å². The molecule has 1 rings (SSSR count). The van der Waals surface area contributed by atoms with E-state index < -0.39 is 9.24 Å². The van der Waals surface area contributed by atoms with Crippen molar-refractivity contribution in [2.45, 2.75) is 38.2 Å². The molecule has 1 aliphatic carbocycles. The van der Waals surface area contributed by atoms with Gasteiger partial charge in [0.2, 0.25) is 0 Å². The Kier molecular flexibility index (Phi) is 5.15. The Hall–Kier alpha value is 0.160. The predicted molar refractivity (Wildman–Crippen MR) is 55.6 cm³/mol. The molecule has 0 bridgehead atoms. The van der Waals surface area contributed by atoms with E-state index >= 15 is 0 Å². The van der Waals surface area contributed by atoms with Crippen LogP contribution in [0.25, 0.3) is 0 Å². The average Bonchev–Trinajstić information content (AvgIpc) is 2.13. The number of ether oxygens (including phenoxy) is 1. The maximum Gasteiger partial charge on any atom is 0.297 e. The molecule has 0 unspecified atom stereocenters. The molecule has 1 N–H and O–H groups in total. The van der Waals surface area contributed by atoms with Gasteiger partial charge in [-0.15, -0.1) is 0 Å². The van der Waals surface area contributed by atoms with E-state index in [-0.39, 0.29) is 6.54 Å². The van der Waals surface area contributed by atoms with E-state index in [0.29, 0.717) is 12.7 Å². The second-order valence-electron chi connectivity index (χ2n) is 3.46. The van der Waals surface area contributed by atoms with Crippen molar-refractivity contribution >= 4 is 19.9 Å². The fourth-order valence-corrected chi connectivity index (χ4v) is 2.18. The summed E-state index contributed by atoms with van der Waals surface area (Å²) in [7, 11) is 1.38. The molecule has 14 heavy (non-hydrogen) atoms. The highest BCUT2D eigenvalue weighted by atomic mass is 35.7. The zero-order chi connectivity index (χ0) is 10.4. The molecule has 0 aromatic carbocycles. The first kappa shape index (κ1) is 12.2. The highest BCUT2D eigenvalue weighted by Gasteiger charge is 2.13. The van der Waals surface area contributed by atoms with Gasteiger partial charge in [0, 0.05) is 17.2 Å². The summed E-state index contributed by atoms with van der Waals surface area (Å²) in [4.78, 5) is 0. The van der Waals surface area contributed by atoms with Crippen LogP contribution in [0, 0.1) is 0 Å². The number of hydrogen-bond donors (Lipinski definition) is 1. The molecule has 1 fully saturated rings. The highest BCUT2D eigenvalue weighted by Crippen LogP contribution is 2.19. The highest BCUT2D eigenvalue weighted by molar-refractivity contribution is 8.12. The lowest BCUT2D eigenvalue weighted by atomic mass is 9.98. The van der Waals surface area contributed by atoms with Crippen molar-refractivity contribution < 1.29 is 13.2 Å². The van der Waals surface area contributed by atoms with Crippen LogP contribution in [0.4, 0.5) is 0 Å². The summed E-state index contributed by atoms with van der Waals surface area (Å²) < 4.78 is 28.6. The third-order valence-corrected chi connectivity index (χ3v) is 3.16. The second kappa shape index (κ2) is 5.90.